The van der Waals surface area contributed by atoms with Crippen LogP contribution in [0.15, 0.2) is 21.7 Å². The molecule has 0 radical (unpaired) electrons. The number of hydrogen-bond acceptors (Lipinski definition) is 5. The van der Waals surface area contributed by atoms with Gasteiger partial charge in [-0.2, -0.15) is 15.6 Å². The number of rotatable bonds is 6. The minimum atomic E-state index is -3.65. The molecule has 0 saturated carbocycles. The lowest BCUT2D eigenvalue weighted by Gasteiger charge is -2.35. The quantitative estimate of drug-likeness (QED) is 0.693. The van der Waals surface area contributed by atoms with Gasteiger partial charge in [-0.1, -0.05) is 0 Å². The predicted octanol–water partition coefficient (Wildman–Crippen LogP) is 2.94. The van der Waals surface area contributed by atoms with E-state index in [4.69, 9.17) is 0 Å². The summed E-state index contributed by atoms with van der Waals surface area (Å²) in [5.74, 6) is -0.272. The Hall–Kier alpha value is -2.23. The molecule has 0 aliphatic carbocycles. The van der Waals surface area contributed by atoms with Gasteiger partial charge in [0.05, 0.1) is 4.90 Å². The first-order valence-corrected chi connectivity index (χ1v) is 13.1. The van der Waals surface area contributed by atoms with Gasteiger partial charge in [-0.15, -0.1) is 0 Å². The SMILES string of the molecule is Cc1c(C)c(C)c(S(=O)(=O)N2CCN(C(=O)CCNC(=O)c3ccsc3)CC2)c(C)c1C. The molecule has 1 fully saturated rings. The van der Waals surface area contributed by atoms with Crippen molar-refractivity contribution in [3.8, 4) is 0 Å². The Morgan fingerprint density at radius 1 is 0.938 bits per heavy atom. The highest BCUT2D eigenvalue weighted by Gasteiger charge is 2.33. The summed E-state index contributed by atoms with van der Waals surface area (Å²) in [6.45, 7) is 11.2. The number of thiophene rings is 1. The average Bonchev–Trinajstić information content (AvgIpc) is 3.31. The van der Waals surface area contributed by atoms with Crippen LogP contribution in [-0.4, -0.2) is 62.2 Å². The van der Waals surface area contributed by atoms with Gasteiger partial charge in [0.1, 0.15) is 0 Å². The molecular weight excluding hydrogens is 446 g/mol. The van der Waals surface area contributed by atoms with E-state index in [0.29, 0.717) is 23.5 Å². The van der Waals surface area contributed by atoms with Crippen LogP contribution in [0, 0.1) is 34.6 Å². The van der Waals surface area contributed by atoms with E-state index < -0.39 is 10.0 Å². The van der Waals surface area contributed by atoms with E-state index in [1.807, 2.05) is 40.0 Å². The Bertz CT molecular complexity index is 1090. The number of nitrogens with zero attached hydrogens (tertiary/aromatic N) is 2. The molecule has 174 valence electrons. The Morgan fingerprint density at radius 3 is 2.03 bits per heavy atom. The van der Waals surface area contributed by atoms with E-state index in [1.165, 1.54) is 15.6 Å². The van der Waals surface area contributed by atoms with Crippen molar-refractivity contribution in [1.29, 1.82) is 0 Å². The number of amides is 2. The number of sulfonamides is 1. The molecule has 1 N–H and O–H groups in total. The molecule has 9 heteroatoms. The molecule has 7 nitrogen and oxygen atoms in total. The second-order valence-corrected chi connectivity index (χ2v) is 10.9. The van der Waals surface area contributed by atoms with Gasteiger partial charge in [0.25, 0.3) is 5.91 Å². The summed E-state index contributed by atoms with van der Waals surface area (Å²) in [4.78, 5) is 26.6. The van der Waals surface area contributed by atoms with Gasteiger partial charge in [0, 0.05) is 50.1 Å². The van der Waals surface area contributed by atoms with Crippen LogP contribution >= 0.6 is 11.3 Å². The molecule has 0 atom stereocenters. The summed E-state index contributed by atoms with van der Waals surface area (Å²) in [5, 5.41) is 6.34. The van der Waals surface area contributed by atoms with Crippen LogP contribution in [0.4, 0.5) is 0 Å². The molecule has 0 spiro atoms. The maximum atomic E-state index is 13.5. The summed E-state index contributed by atoms with van der Waals surface area (Å²) in [6, 6.07) is 1.74. The largest absolute Gasteiger partial charge is 0.351 e. The molecule has 0 bridgehead atoms. The van der Waals surface area contributed by atoms with Gasteiger partial charge in [-0.05, 0) is 73.9 Å². The first-order chi connectivity index (χ1) is 15.1. The van der Waals surface area contributed by atoms with Crippen LogP contribution < -0.4 is 5.32 Å². The molecule has 2 amide bonds. The van der Waals surface area contributed by atoms with Gasteiger partial charge in [-0.25, -0.2) is 8.42 Å². The standard InChI is InChI=1S/C23H31N3O4S2/c1-15-16(2)18(4)22(19(5)17(15)3)32(29,30)26-11-9-25(10-12-26)21(27)6-8-24-23(28)20-7-13-31-14-20/h7,13-14H,6,8-12H2,1-5H3,(H,24,28). The lowest BCUT2D eigenvalue weighted by atomic mass is 9.95. The Morgan fingerprint density at radius 2 is 1.50 bits per heavy atom. The Balaban J connectivity index is 1.60. The molecular formula is C23H31N3O4S2. The number of carbonyl (C=O) groups excluding carboxylic acids is 2. The summed E-state index contributed by atoms with van der Waals surface area (Å²) in [6.07, 6.45) is 0.192. The maximum absolute atomic E-state index is 13.5. The fourth-order valence-electron chi connectivity index (χ4n) is 4.10. The molecule has 2 aromatic rings. The first kappa shape index (κ1) is 24.4. The minimum absolute atomic E-state index is 0.0814. The highest BCUT2D eigenvalue weighted by Crippen LogP contribution is 2.31. The molecule has 1 saturated heterocycles. The third-order valence-electron chi connectivity index (χ3n) is 6.53. The van der Waals surface area contributed by atoms with Crippen molar-refractivity contribution >= 4 is 33.2 Å². The summed E-state index contributed by atoms with van der Waals surface area (Å²) in [7, 11) is -3.65. The molecule has 2 heterocycles. The highest BCUT2D eigenvalue weighted by atomic mass is 32.2. The van der Waals surface area contributed by atoms with Crippen molar-refractivity contribution in [3.63, 3.8) is 0 Å². The van der Waals surface area contributed by atoms with E-state index in [-0.39, 0.29) is 37.9 Å². The zero-order chi connectivity index (χ0) is 23.6. The van der Waals surface area contributed by atoms with E-state index in [2.05, 4.69) is 5.32 Å². The van der Waals surface area contributed by atoms with Crippen molar-refractivity contribution in [1.82, 2.24) is 14.5 Å². The van der Waals surface area contributed by atoms with Gasteiger partial charge >= 0.3 is 0 Å². The zero-order valence-electron chi connectivity index (χ0n) is 19.3. The summed E-state index contributed by atoms with van der Waals surface area (Å²) < 4.78 is 28.4. The van der Waals surface area contributed by atoms with Crippen molar-refractivity contribution in [2.24, 2.45) is 0 Å². The van der Waals surface area contributed by atoms with Crippen molar-refractivity contribution in [3.05, 3.63) is 50.2 Å². The lowest BCUT2D eigenvalue weighted by molar-refractivity contribution is -0.132. The molecule has 3 rings (SSSR count). The fourth-order valence-corrected chi connectivity index (χ4v) is 6.71. The number of hydrogen-bond donors (Lipinski definition) is 1. The Labute approximate surface area is 194 Å². The van der Waals surface area contributed by atoms with Gasteiger partial charge in [-0.3, -0.25) is 9.59 Å². The summed E-state index contributed by atoms with van der Waals surface area (Å²) in [5.41, 5.74) is 5.32. The first-order valence-electron chi connectivity index (χ1n) is 10.7. The van der Waals surface area contributed by atoms with Crippen LogP contribution in [-0.2, 0) is 14.8 Å². The van der Waals surface area contributed by atoms with Gasteiger partial charge in [0.15, 0.2) is 0 Å². The van der Waals surface area contributed by atoms with E-state index >= 15 is 0 Å². The average molecular weight is 478 g/mol. The van der Waals surface area contributed by atoms with Crippen LogP contribution in [0.1, 0.15) is 44.6 Å². The van der Waals surface area contributed by atoms with Crippen LogP contribution in [0.2, 0.25) is 0 Å². The zero-order valence-corrected chi connectivity index (χ0v) is 21.0. The third kappa shape index (κ3) is 4.74. The second-order valence-electron chi connectivity index (χ2n) is 8.26. The third-order valence-corrected chi connectivity index (χ3v) is 9.38. The normalized spacial score (nSPS) is 15.1. The molecule has 1 aromatic carbocycles. The lowest BCUT2D eigenvalue weighted by Crippen LogP contribution is -2.51. The second kappa shape index (κ2) is 9.72. The van der Waals surface area contributed by atoms with Crippen LogP contribution in [0.5, 0.6) is 0 Å². The maximum Gasteiger partial charge on any atom is 0.252 e. The molecule has 32 heavy (non-hydrogen) atoms. The topological polar surface area (TPSA) is 86.8 Å². The van der Waals surface area contributed by atoms with Crippen LogP contribution in [0.3, 0.4) is 0 Å². The number of nitrogens with one attached hydrogen (secondary N) is 1. The minimum Gasteiger partial charge on any atom is -0.351 e. The van der Waals surface area contributed by atoms with E-state index in [1.54, 1.807) is 16.3 Å². The van der Waals surface area contributed by atoms with E-state index in [9.17, 15) is 18.0 Å². The molecule has 1 aromatic heterocycles. The molecule has 1 aliphatic rings. The van der Waals surface area contributed by atoms with Crippen molar-refractivity contribution < 1.29 is 18.0 Å². The number of piperazine rings is 1. The van der Waals surface area contributed by atoms with Crippen molar-refractivity contribution in [2.75, 3.05) is 32.7 Å². The number of benzene rings is 1. The fraction of sp³-hybridized carbons (Fsp3) is 0.478. The molecule has 1 aliphatic heterocycles. The van der Waals surface area contributed by atoms with Crippen molar-refractivity contribution in [2.45, 2.75) is 45.9 Å². The monoisotopic (exact) mass is 477 g/mol. The Kier molecular flexibility index (Phi) is 7.42. The van der Waals surface area contributed by atoms with Crippen LogP contribution in [0.25, 0.3) is 0 Å². The van der Waals surface area contributed by atoms with Gasteiger partial charge in [0.2, 0.25) is 15.9 Å². The number of carbonyl (C=O) groups is 2. The highest BCUT2D eigenvalue weighted by molar-refractivity contribution is 7.89. The van der Waals surface area contributed by atoms with Gasteiger partial charge < -0.3 is 10.2 Å². The smallest absolute Gasteiger partial charge is 0.252 e. The predicted molar refractivity (Wildman–Crippen MR) is 127 cm³/mol. The van der Waals surface area contributed by atoms with E-state index in [0.717, 1.165) is 27.8 Å². The molecule has 0 unspecified atom stereocenters. The summed E-state index contributed by atoms with van der Waals surface area (Å²) >= 11 is 1.44.